The van der Waals surface area contributed by atoms with Crippen LogP contribution in [0.15, 0.2) is 16.6 Å². The fraction of sp³-hybridized carbons (Fsp3) is 0.500. The Morgan fingerprint density at radius 2 is 2.58 bits per heavy atom. The van der Waals surface area contributed by atoms with E-state index in [1.165, 1.54) is 12.8 Å². The van der Waals surface area contributed by atoms with Gasteiger partial charge in [0.2, 0.25) is 0 Å². The molecule has 0 aromatic carbocycles. The third kappa shape index (κ3) is 1.82. The van der Waals surface area contributed by atoms with Crippen molar-refractivity contribution in [2.75, 3.05) is 0 Å². The number of thiazole rings is 1. The molecule has 1 aromatic heterocycles. The van der Waals surface area contributed by atoms with Gasteiger partial charge in [0.1, 0.15) is 5.01 Å². The van der Waals surface area contributed by atoms with Gasteiger partial charge in [-0.05, 0) is 12.8 Å². The number of hydrogen-bond donors (Lipinski definition) is 1. The summed E-state index contributed by atoms with van der Waals surface area (Å²) in [5.41, 5.74) is 5.72. The average Bonchev–Trinajstić information content (AvgIpc) is 2.80. The molecule has 1 aliphatic rings. The van der Waals surface area contributed by atoms with E-state index < -0.39 is 0 Å². The lowest BCUT2D eigenvalue weighted by Gasteiger charge is -1.94. The first-order valence-corrected chi connectivity index (χ1v) is 4.92. The Labute approximate surface area is 75.3 Å². The van der Waals surface area contributed by atoms with Gasteiger partial charge in [-0.2, -0.15) is 0 Å². The van der Waals surface area contributed by atoms with Crippen LogP contribution in [-0.2, 0) is 6.54 Å². The topological polar surface area (TPSA) is 51.3 Å². The molecule has 0 atom stereocenters. The van der Waals surface area contributed by atoms with Gasteiger partial charge in [-0.25, -0.2) is 4.98 Å². The van der Waals surface area contributed by atoms with Crippen LogP contribution in [-0.4, -0.2) is 10.8 Å². The summed E-state index contributed by atoms with van der Waals surface area (Å²) in [6.45, 7) is 0.653. The molecule has 1 saturated carbocycles. The van der Waals surface area contributed by atoms with Gasteiger partial charge in [0.25, 0.3) is 0 Å². The summed E-state index contributed by atoms with van der Waals surface area (Å²) in [5.74, 6) is 1.38. The largest absolute Gasteiger partial charge is 0.387 e. The van der Waals surface area contributed by atoms with Crippen molar-refractivity contribution in [2.45, 2.75) is 19.4 Å². The lowest BCUT2D eigenvalue weighted by molar-refractivity contribution is 0.999. The molecule has 0 unspecified atom stereocenters. The molecular weight excluding hydrogens is 170 g/mol. The van der Waals surface area contributed by atoms with Gasteiger partial charge >= 0.3 is 0 Å². The standard InChI is InChI=1S/C8H11N3S/c9-8(6-1-2-6)11-5-7-10-3-4-12-7/h3-4,6H,1-2,5H2,(H2,9,11). The lowest BCUT2D eigenvalue weighted by atomic mass is 10.4. The normalized spacial score (nSPS) is 18.2. The Hall–Kier alpha value is -0.900. The maximum absolute atomic E-state index is 5.72. The minimum atomic E-state index is 0.574. The van der Waals surface area contributed by atoms with E-state index in [1.54, 1.807) is 17.5 Å². The van der Waals surface area contributed by atoms with Crippen molar-refractivity contribution in [3.05, 3.63) is 16.6 Å². The molecule has 0 bridgehead atoms. The van der Waals surface area contributed by atoms with E-state index in [0.717, 1.165) is 10.8 Å². The van der Waals surface area contributed by atoms with E-state index in [0.29, 0.717) is 12.5 Å². The van der Waals surface area contributed by atoms with Crippen LogP contribution in [0.2, 0.25) is 0 Å². The molecule has 2 N–H and O–H groups in total. The second kappa shape index (κ2) is 3.23. The molecule has 0 radical (unpaired) electrons. The highest BCUT2D eigenvalue weighted by Crippen LogP contribution is 2.28. The number of amidine groups is 1. The molecule has 0 spiro atoms. The Morgan fingerprint density at radius 3 is 3.17 bits per heavy atom. The van der Waals surface area contributed by atoms with Crippen molar-refractivity contribution in [3.8, 4) is 0 Å². The maximum atomic E-state index is 5.72. The number of aromatic nitrogens is 1. The zero-order valence-corrected chi connectivity index (χ0v) is 7.55. The summed E-state index contributed by atoms with van der Waals surface area (Å²) in [4.78, 5) is 8.39. The molecule has 64 valence electrons. The number of aliphatic imine (C=N–C) groups is 1. The van der Waals surface area contributed by atoms with Gasteiger partial charge < -0.3 is 5.73 Å². The number of nitrogens with two attached hydrogens (primary N) is 1. The Balaban J connectivity index is 1.91. The maximum Gasteiger partial charge on any atom is 0.114 e. The van der Waals surface area contributed by atoms with Crippen molar-refractivity contribution in [3.63, 3.8) is 0 Å². The first kappa shape index (κ1) is 7.73. The van der Waals surface area contributed by atoms with E-state index in [4.69, 9.17) is 5.73 Å². The van der Waals surface area contributed by atoms with Crippen LogP contribution in [0.3, 0.4) is 0 Å². The predicted molar refractivity (Wildman–Crippen MR) is 50.2 cm³/mol. The second-order valence-corrected chi connectivity index (χ2v) is 3.92. The zero-order chi connectivity index (χ0) is 8.39. The first-order valence-electron chi connectivity index (χ1n) is 4.04. The van der Waals surface area contributed by atoms with E-state index in [-0.39, 0.29) is 0 Å². The van der Waals surface area contributed by atoms with Crippen LogP contribution in [0.5, 0.6) is 0 Å². The molecule has 1 heterocycles. The number of rotatable bonds is 3. The third-order valence-corrected chi connectivity index (χ3v) is 2.64. The minimum Gasteiger partial charge on any atom is -0.387 e. The van der Waals surface area contributed by atoms with Gasteiger partial charge in [0.15, 0.2) is 0 Å². The Kier molecular flexibility index (Phi) is 2.08. The summed E-state index contributed by atoms with van der Waals surface area (Å²) in [6.07, 6.45) is 4.23. The molecule has 0 amide bonds. The van der Waals surface area contributed by atoms with Crippen molar-refractivity contribution in [2.24, 2.45) is 16.6 Å². The van der Waals surface area contributed by atoms with Crippen LogP contribution in [0.4, 0.5) is 0 Å². The summed E-state index contributed by atoms with van der Waals surface area (Å²) < 4.78 is 0. The Morgan fingerprint density at radius 1 is 1.75 bits per heavy atom. The number of nitrogens with zero attached hydrogens (tertiary/aromatic N) is 2. The first-order chi connectivity index (χ1) is 5.86. The molecule has 1 fully saturated rings. The van der Waals surface area contributed by atoms with E-state index >= 15 is 0 Å². The van der Waals surface area contributed by atoms with Gasteiger partial charge in [0, 0.05) is 17.5 Å². The molecule has 12 heavy (non-hydrogen) atoms. The monoisotopic (exact) mass is 181 g/mol. The fourth-order valence-electron chi connectivity index (χ4n) is 0.998. The van der Waals surface area contributed by atoms with Gasteiger partial charge in [-0.3, -0.25) is 4.99 Å². The summed E-state index contributed by atoms with van der Waals surface area (Å²) in [7, 11) is 0. The van der Waals surface area contributed by atoms with Crippen LogP contribution in [0.25, 0.3) is 0 Å². The highest BCUT2D eigenvalue weighted by molar-refractivity contribution is 7.09. The summed E-state index contributed by atoms with van der Waals surface area (Å²) >= 11 is 1.62. The van der Waals surface area contributed by atoms with Crippen LogP contribution >= 0.6 is 11.3 Å². The molecule has 1 aromatic rings. The molecule has 0 saturated heterocycles. The number of hydrogen-bond acceptors (Lipinski definition) is 3. The molecular formula is C8H11N3S. The van der Waals surface area contributed by atoms with Crippen molar-refractivity contribution in [1.29, 1.82) is 0 Å². The fourth-order valence-corrected chi connectivity index (χ4v) is 1.54. The van der Waals surface area contributed by atoms with Gasteiger partial charge in [-0.15, -0.1) is 11.3 Å². The zero-order valence-electron chi connectivity index (χ0n) is 6.73. The molecule has 1 aliphatic carbocycles. The summed E-state index contributed by atoms with van der Waals surface area (Å²) in [5, 5.41) is 3.00. The second-order valence-electron chi connectivity index (χ2n) is 2.94. The smallest absolute Gasteiger partial charge is 0.114 e. The van der Waals surface area contributed by atoms with Crippen molar-refractivity contribution < 1.29 is 0 Å². The van der Waals surface area contributed by atoms with E-state index in [1.807, 2.05) is 5.38 Å². The van der Waals surface area contributed by atoms with Crippen LogP contribution in [0.1, 0.15) is 17.8 Å². The molecule has 0 aliphatic heterocycles. The third-order valence-electron chi connectivity index (χ3n) is 1.88. The SMILES string of the molecule is NC(=NCc1nccs1)C1CC1. The van der Waals surface area contributed by atoms with Crippen LogP contribution < -0.4 is 5.73 Å². The highest BCUT2D eigenvalue weighted by Gasteiger charge is 2.25. The van der Waals surface area contributed by atoms with Gasteiger partial charge in [0.05, 0.1) is 12.4 Å². The highest BCUT2D eigenvalue weighted by atomic mass is 32.1. The summed E-state index contributed by atoms with van der Waals surface area (Å²) in [6, 6.07) is 0. The predicted octanol–water partition coefficient (Wildman–Crippen LogP) is 1.41. The minimum absolute atomic E-state index is 0.574. The van der Waals surface area contributed by atoms with E-state index in [9.17, 15) is 0 Å². The molecule has 4 heteroatoms. The van der Waals surface area contributed by atoms with Crippen molar-refractivity contribution >= 4 is 17.2 Å². The Bertz CT molecular complexity index is 275. The van der Waals surface area contributed by atoms with E-state index in [2.05, 4.69) is 9.98 Å². The average molecular weight is 181 g/mol. The lowest BCUT2D eigenvalue weighted by Crippen LogP contribution is -2.13. The van der Waals surface area contributed by atoms with Crippen LogP contribution in [0, 0.1) is 5.92 Å². The van der Waals surface area contributed by atoms with Crippen molar-refractivity contribution in [1.82, 2.24) is 4.98 Å². The molecule has 2 rings (SSSR count). The molecule has 3 nitrogen and oxygen atoms in total. The quantitative estimate of drug-likeness (QED) is 0.566. The van der Waals surface area contributed by atoms with Gasteiger partial charge in [-0.1, -0.05) is 0 Å².